The minimum atomic E-state index is -4.41. The van der Waals surface area contributed by atoms with Crippen LogP contribution >= 0.6 is 0 Å². The number of hydrogen-bond donors (Lipinski definition) is 1. The van der Waals surface area contributed by atoms with Gasteiger partial charge in [-0.3, -0.25) is 4.68 Å². The van der Waals surface area contributed by atoms with Crippen LogP contribution in [-0.2, 0) is 19.1 Å². The fourth-order valence-corrected chi connectivity index (χ4v) is 2.74. The lowest BCUT2D eigenvalue weighted by molar-refractivity contribution is -0.144. The van der Waals surface area contributed by atoms with Gasteiger partial charge in [-0.25, -0.2) is 0 Å². The molecule has 3 aromatic rings. The molecular weight excluding hydrogens is 347 g/mol. The molecule has 0 radical (unpaired) electrons. The summed E-state index contributed by atoms with van der Waals surface area (Å²) in [5.41, 5.74) is 1.84. The summed E-state index contributed by atoms with van der Waals surface area (Å²) in [5, 5.41) is 19.5. The minimum absolute atomic E-state index is 0.0865. The number of hydrogen-bond acceptors (Lipinski definition) is 5. The summed E-state index contributed by atoms with van der Waals surface area (Å²) in [6.07, 6.45) is -2.14. The Morgan fingerprint density at radius 1 is 1.23 bits per heavy atom. The highest BCUT2D eigenvalue weighted by atomic mass is 19.4. The van der Waals surface area contributed by atoms with Crippen molar-refractivity contribution in [2.24, 2.45) is 5.92 Å². The Kier molecular flexibility index (Phi) is 4.84. The Bertz CT molecular complexity index is 897. The first-order chi connectivity index (χ1) is 12.3. The zero-order valence-electron chi connectivity index (χ0n) is 14.7. The van der Waals surface area contributed by atoms with Gasteiger partial charge >= 0.3 is 6.18 Å². The zero-order valence-corrected chi connectivity index (χ0v) is 14.7. The molecule has 0 aliphatic rings. The normalized spacial score (nSPS) is 13.3. The Labute approximate surface area is 148 Å². The van der Waals surface area contributed by atoms with Gasteiger partial charge in [0.2, 0.25) is 5.65 Å². The van der Waals surface area contributed by atoms with Crippen LogP contribution in [0.25, 0.3) is 5.65 Å². The summed E-state index contributed by atoms with van der Waals surface area (Å²) in [5.74, 6) is -0.0865. The fraction of sp³-hybridized carbons (Fsp3) is 0.500. The van der Waals surface area contributed by atoms with E-state index in [9.17, 15) is 13.2 Å². The van der Waals surface area contributed by atoms with Crippen molar-refractivity contribution in [1.82, 2.24) is 29.6 Å². The van der Waals surface area contributed by atoms with Crippen molar-refractivity contribution in [2.75, 3.05) is 11.9 Å². The minimum Gasteiger partial charge on any atom is -0.382 e. The first-order valence-corrected chi connectivity index (χ1v) is 8.33. The van der Waals surface area contributed by atoms with E-state index in [1.54, 1.807) is 11.4 Å². The molecule has 3 rings (SSSR count). The molecule has 0 saturated heterocycles. The van der Waals surface area contributed by atoms with Crippen LogP contribution in [0.15, 0.2) is 18.5 Å². The van der Waals surface area contributed by atoms with Gasteiger partial charge in [0.25, 0.3) is 0 Å². The maximum Gasteiger partial charge on any atom is 0.433 e. The average Bonchev–Trinajstić information content (AvgIpc) is 3.18. The molecule has 0 amide bonds. The number of aromatic nitrogens is 6. The molecule has 0 bridgehead atoms. The summed E-state index contributed by atoms with van der Waals surface area (Å²) in [7, 11) is 0. The van der Waals surface area contributed by atoms with E-state index in [-0.39, 0.29) is 12.5 Å². The van der Waals surface area contributed by atoms with Crippen molar-refractivity contribution >= 4 is 11.3 Å². The second kappa shape index (κ2) is 6.93. The Morgan fingerprint density at radius 2 is 2.00 bits per heavy atom. The number of fused-ring (bicyclic) bond motifs is 1. The van der Waals surface area contributed by atoms with Crippen LogP contribution in [0.2, 0.25) is 0 Å². The second-order valence-corrected chi connectivity index (χ2v) is 6.34. The first kappa shape index (κ1) is 18.2. The maximum atomic E-state index is 13.1. The molecule has 7 nitrogen and oxygen atoms in total. The number of nitrogens with one attached hydrogen (secondary N) is 1. The molecule has 1 N–H and O–H groups in total. The summed E-state index contributed by atoms with van der Waals surface area (Å²) < 4.78 is 41.9. The van der Waals surface area contributed by atoms with Crippen LogP contribution in [0.3, 0.4) is 0 Å². The number of nitrogens with zero attached hydrogens (tertiary/aromatic N) is 6. The lowest BCUT2D eigenvalue weighted by atomic mass is 10.1. The third-order valence-corrected chi connectivity index (χ3v) is 4.00. The molecule has 0 aliphatic carbocycles. The highest BCUT2D eigenvalue weighted by Gasteiger charge is 2.35. The fourth-order valence-electron chi connectivity index (χ4n) is 2.74. The monoisotopic (exact) mass is 367 g/mol. The molecule has 3 heterocycles. The standard InChI is InChI=1S/C16H20F3N7/c1-4-12-6-13(15-22-21-9-26(15)24-12)20-7-10(2)8-25-14(16(17,18)19)5-11(3)23-25/h5-6,9-10,20H,4,7-8H2,1-3H3. The molecule has 0 fully saturated rings. The molecule has 26 heavy (non-hydrogen) atoms. The van der Waals surface area contributed by atoms with Crippen LogP contribution < -0.4 is 5.32 Å². The topological polar surface area (TPSA) is 72.9 Å². The smallest absolute Gasteiger partial charge is 0.382 e. The van der Waals surface area contributed by atoms with E-state index in [2.05, 4.69) is 25.7 Å². The van der Waals surface area contributed by atoms with Gasteiger partial charge in [-0.2, -0.15) is 27.9 Å². The quantitative estimate of drug-likeness (QED) is 0.725. The maximum absolute atomic E-state index is 13.1. The Hall–Kier alpha value is -2.65. The molecule has 1 unspecified atom stereocenters. The van der Waals surface area contributed by atoms with Gasteiger partial charge in [0.05, 0.1) is 17.1 Å². The van der Waals surface area contributed by atoms with Crippen LogP contribution in [-0.4, -0.2) is 36.1 Å². The predicted molar refractivity (Wildman–Crippen MR) is 89.8 cm³/mol. The van der Waals surface area contributed by atoms with Crippen molar-refractivity contribution in [2.45, 2.75) is 39.9 Å². The van der Waals surface area contributed by atoms with Gasteiger partial charge in [0.15, 0.2) is 0 Å². The lowest BCUT2D eigenvalue weighted by Crippen LogP contribution is -2.22. The molecular formula is C16H20F3N7. The summed E-state index contributed by atoms with van der Waals surface area (Å²) in [6, 6.07) is 2.95. The highest BCUT2D eigenvalue weighted by Crippen LogP contribution is 2.30. The third-order valence-electron chi connectivity index (χ3n) is 4.00. The molecule has 140 valence electrons. The van der Waals surface area contributed by atoms with Crippen molar-refractivity contribution in [3.63, 3.8) is 0 Å². The van der Waals surface area contributed by atoms with Crippen LogP contribution in [0.1, 0.15) is 30.9 Å². The highest BCUT2D eigenvalue weighted by molar-refractivity contribution is 5.66. The number of aryl methyl sites for hydroxylation is 2. The van der Waals surface area contributed by atoms with Gasteiger partial charge in [-0.1, -0.05) is 13.8 Å². The van der Waals surface area contributed by atoms with Gasteiger partial charge in [-0.15, -0.1) is 10.2 Å². The number of alkyl halides is 3. The van der Waals surface area contributed by atoms with E-state index >= 15 is 0 Å². The van der Waals surface area contributed by atoms with Gasteiger partial charge in [0.1, 0.15) is 12.0 Å². The Balaban J connectivity index is 1.72. The summed E-state index contributed by atoms with van der Waals surface area (Å²) in [4.78, 5) is 0. The second-order valence-electron chi connectivity index (χ2n) is 6.34. The lowest BCUT2D eigenvalue weighted by Gasteiger charge is -2.17. The first-order valence-electron chi connectivity index (χ1n) is 8.33. The third kappa shape index (κ3) is 3.78. The predicted octanol–water partition coefficient (Wildman–Crippen LogP) is 2.96. The van der Waals surface area contributed by atoms with E-state index < -0.39 is 11.9 Å². The van der Waals surface area contributed by atoms with E-state index in [4.69, 9.17) is 0 Å². The van der Waals surface area contributed by atoms with Crippen molar-refractivity contribution in [3.8, 4) is 0 Å². The van der Waals surface area contributed by atoms with Gasteiger partial charge in [0, 0.05) is 13.1 Å². The van der Waals surface area contributed by atoms with Crippen LogP contribution in [0.5, 0.6) is 0 Å². The zero-order chi connectivity index (χ0) is 18.9. The van der Waals surface area contributed by atoms with E-state index in [1.165, 1.54) is 6.33 Å². The number of rotatable bonds is 6. The SMILES string of the molecule is CCc1cc(NCC(C)Cn2nc(C)cc2C(F)(F)F)c2nncn2n1. The van der Waals surface area contributed by atoms with E-state index in [0.29, 0.717) is 17.9 Å². The number of anilines is 1. The van der Waals surface area contributed by atoms with Crippen LogP contribution in [0, 0.1) is 12.8 Å². The van der Waals surface area contributed by atoms with E-state index in [1.807, 2.05) is 19.9 Å². The van der Waals surface area contributed by atoms with Gasteiger partial charge < -0.3 is 5.32 Å². The van der Waals surface area contributed by atoms with Crippen molar-refractivity contribution < 1.29 is 13.2 Å². The summed E-state index contributed by atoms with van der Waals surface area (Å²) >= 11 is 0. The van der Waals surface area contributed by atoms with Crippen molar-refractivity contribution in [3.05, 3.63) is 35.5 Å². The molecule has 0 aliphatic heterocycles. The average molecular weight is 367 g/mol. The van der Waals surface area contributed by atoms with Crippen molar-refractivity contribution in [1.29, 1.82) is 0 Å². The largest absolute Gasteiger partial charge is 0.433 e. The molecule has 0 aromatic carbocycles. The van der Waals surface area contributed by atoms with Gasteiger partial charge in [-0.05, 0) is 31.4 Å². The Morgan fingerprint density at radius 3 is 2.69 bits per heavy atom. The van der Waals surface area contributed by atoms with Crippen LogP contribution in [0.4, 0.5) is 18.9 Å². The molecule has 1 atom stereocenters. The summed E-state index contributed by atoms with van der Waals surface area (Å²) in [6.45, 7) is 6.03. The van der Waals surface area contributed by atoms with E-state index in [0.717, 1.165) is 28.6 Å². The molecule has 0 spiro atoms. The molecule has 0 saturated carbocycles. The molecule has 3 aromatic heterocycles. The number of halogens is 3. The molecule has 10 heteroatoms.